The lowest BCUT2D eigenvalue weighted by molar-refractivity contribution is 0.0651. The Morgan fingerprint density at radius 3 is 2.52 bits per heavy atom. The van der Waals surface area contributed by atoms with Crippen LogP contribution in [0.2, 0.25) is 0 Å². The fourth-order valence-corrected chi connectivity index (χ4v) is 2.65. The van der Waals surface area contributed by atoms with Crippen LogP contribution in [0.4, 0.5) is 0 Å². The molecule has 0 radical (unpaired) electrons. The summed E-state index contributed by atoms with van der Waals surface area (Å²) in [5, 5.41) is 2.86. The van der Waals surface area contributed by atoms with Crippen molar-refractivity contribution in [1.82, 2.24) is 15.2 Å². The average molecular weight is 371 g/mol. The van der Waals surface area contributed by atoms with Gasteiger partial charge in [-0.05, 0) is 45.2 Å². The molecule has 0 saturated carbocycles. The van der Waals surface area contributed by atoms with E-state index in [9.17, 15) is 9.59 Å². The fourth-order valence-electron chi connectivity index (χ4n) is 2.65. The number of hydrogen-bond acceptors (Lipinski definition) is 4. The van der Waals surface area contributed by atoms with Crippen molar-refractivity contribution in [2.45, 2.75) is 66.1 Å². The second kappa shape index (κ2) is 9.35. The summed E-state index contributed by atoms with van der Waals surface area (Å²) in [6.07, 6.45) is 2.99. The predicted octanol–water partition coefficient (Wildman–Crippen LogP) is 3.95. The number of aryl methyl sites for hydroxylation is 1. The fraction of sp³-hybridized carbons (Fsp3) is 0.476. The highest BCUT2D eigenvalue weighted by Crippen LogP contribution is 2.17. The molecule has 1 N–H and O–H groups in total. The first kappa shape index (κ1) is 20.7. The maximum absolute atomic E-state index is 13.1. The maximum atomic E-state index is 13.1. The van der Waals surface area contributed by atoms with Gasteiger partial charge in [0.1, 0.15) is 6.26 Å². The van der Waals surface area contributed by atoms with Gasteiger partial charge in [0.15, 0.2) is 5.69 Å². The number of nitrogens with one attached hydrogen (secondary N) is 1. The van der Waals surface area contributed by atoms with Gasteiger partial charge >= 0.3 is 0 Å². The molecule has 2 amide bonds. The van der Waals surface area contributed by atoms with Gasteiger partial charge in [0.05, 0.1) is 6.54 Å². The number of amides is 2. The largest absolute Gasteiger partial charge is 0.446 e. The van der Waals surface area contributed by atoms with Gasteiger partial charge in [0.25, 0.3) is 11.8 Å². The Bertz CT molecular complexity index is 784. The average Bonchev–Trinajstić information content (AvgIpc) is 3.14. The molecule has 2 atom stereocenters. The van der Waals surface area contributed by atoms with Crippen LogP contribution in [0.25, 0.3) is 0 Å². The van der Waals surface area contributed by atoms with Crippen LogP contribution in [-0.2, 0) is 6.54 Å². The van der Waals surface area contributed by atoms with Gasteiger partial charge < -0.3 is 14.6 Å². The van der Waals surface area contributed by atoms with E-state index < -0.39 is 0 Å². The molecule has 6 nitrogen and oxygen atoms in total. The summed E-state index contributed by atoms with van der Waals surface area (Å²) in [5.74, 6) is 0.0254. The monoisotopic (exact) mass is 371 g/mol. The van der Waals surface area contributed by atoms with E-state index in [1.807, 2.05) is 58.9 Å². The molecule has 0 unspecified atom stereocenters. The Balaban J connectivity index is 2.19. The number of carbonyl (C=O) groups is 2. The first-order valence-corrected chi connectivity index (χ1v) is 9.49. The highest BCUT2D eigenvalue weighted by Gasteiger charge is 2.24. The van der Waals surface area contributed by atoms with E-state index in [0.717, 1.165) is 18.4 Å². The number of aromatic nitrogens is 1. The summed E-state index contributed by atoms with van der Waals surface area (Å²) in [5.41, 5.74) is 1.83. The summed E-state index contributed by atoms with van der Waals surface area (Å²) in [7, 11) is 0. The van der Waals surface area contributed by atoms with Crippen molar-refractivity contribution in [2.75, 3.05) is 0 Å². The van der Waals surface area contributed by atoms with Crippen LogP contribution in [0, 0.1) is 6.92 Å². The van der Waals surface area contributed by atoms with Crippen molar-refractivity contribution in [3.63, 3.8) is 0 Å². The van der Waals surface area contributed by atoms with Crippen LogP contribution in [0.5, 0.6) is 0 Å². The molecule has 1 heterocycles. The van der Waals surface area contributed by atoms with E-state index in [1.54, 1.807) is 4.90 Å². The second-order valence-electron chi connectivity index (χ2n) is 6.91. The molecule has 1 aromatic heterocycles. The number of benzene rings is 1. The SMILES string of the molecule is CC[C@@H](C)NC(=O)c1coc(CN(C(=O)c2ccccc2C)[C@H](C)CC)n1. The highest BCUT2D eigenvalue weighted by molar-refractivity contribution is 5.95. The Morgan fingerprint density at radius 1 is 1.19 bits per heavy atom. The summed E-state index contributed by atoms with van der Waals surface area (Å²) >= 11 is 0. The number of oxazole rings is 1. The highest BCUT2D eigenvalue weighted by atomic mass is 16.3. The number of nitrogens with zero attached hydrogens (tertiary/aromatic N) is 2. The minimum absolute atomic E-state index is 0.0152. The molecule has 0 fully saturated rings. The minimum atomic E-state index is -0.264. The molecule has 0 spiro atoms. The quantitative estimate of drug-likeness (QED) is 0.762. The number of rotatable bonds is 8. The zero-order valence-corrected chi connectivity index (χ0v) is 16.8. The molecule has 2 aromatic rings. The lowest BCUT2D eigenvalue weighted by Crippen LogP contribution is -2.38. The van der Waals surface area contributed by atoms with Gasteiger partial charge in [-0.25, -0.2) is 4.98 Å². The van der Waals surface area contributed by atoms with Crippen molar-refractivity contribution in [1.29, 1.82) is 0 Å². The number of carbonyl (C=O) groups excluding carboxylic acids is 2. The van der Waals surface area contributed by atoms with Gasteiger partial charge in [-0.1, -0.05) is 32.0 Å². The van der Waals surface area contributed by atoms with E-state index in [0.29, 0.717) is 11.5 Å². The second-order valence-corrected chi connectivity index (χ2v) is 6.91. The molecule has 0 aliphatic rings. The van der Waals surface area contributed by atoms with Crippen molar-refractivity contribution in [3.05, 3.63) is 53.2 Å². The molecule has 146 valence electrons. The first-order chi connectivity index (χ1) is 12.9. The third kappa shape index (κ3) is 5.18. The lowest BCUT2D eigenvalue weighted by atomic mass is 10.1. The summed E-state index contributed by atoms with van der Waals surface area (Å²) in [4.78, 5) is 31.3. The van der Waals surface area contributed by atoms with E-state index in [4.69, 9.17) is 4.42 Å². The Hall–Kier alpha value is -2.63. The van der Waals surface area contributed by atoms with E-state index in [-0.39, 0.29) is 36.1 Å². The molecule has 2 rings (SSSR count). The van der Waals surface area contributed by atoms with Gasteiger partial charge in [0.2, 0.25) is 5.89 Å². The van der Waals surface area contributed by atoms with Crippen LogP contribution in [0.1, 0.15) is 72.8 Å². The van der Waals surface area contributed by atoms with Crippen LogP contribution < -0.4 is 5.32 Å². The Labute approximate surface area is 161 Å². The summed E-state index contributed by atoms with van der Waals surface area (Å²) in [6.45, 7) is 10.1. The van der Waals surface area contributed by atoms with Crippen LogP contribution in [0.15, 0.2) is 34.9 Å². The van der Waals surface area contributed by atoms with Crippen LogP contribution >= 0.6 is 0 Å². The molecule has 27 heavy (non-hydrogen) atoms. The predicted molar refractivity (Wildman–Crippen MR) is 105 cm³/mol. The summed E-state index contributed by atoms with van der Waals surface area (Å²) < 4.78 is 5.48. The Morgan fingerprint density at radius 2 is 1.89 bits per heavy atom. The van der Waals surface area contributed by atoms with Gasteiger partial charge in [0, 0.05) is 17.6 Å². The van der Waals surface area contributed by atoms with Crippen LogP contribution in [-0.4, -0.2) is 33.8 Å². The standard InChI is InChI=1S/C21H29N3O3/c1-6-15(4)22-20(25)18-13-27-19(23-18)12-24(16(5)7-2)21(26)17-11-9-8-10-14(17)3/h8-11,13,15-16H,6-7,12H2,1-5H3,(H,22,25)/t15-,16-/m1/s1. The van der Waals surface area contributed by atoms with Gasteiger partial charge in [-0.3, -0.25) is 9.59 Å². The van der Waals surface area contributed by atoms with Crippen molar-refractivity contribution in [3.8, 4) is 0 Å². The molecule has 6 heteroatoms. The molecule has 0 aliphatic heterocycles. The Kier molecular flexibility index (Phi) is 7.16. The van der Waals surface area contributed by atoms with Gasteiger partial charge in [-0.2, -0.15) is 0 Å². The van der Waals surface area contributed by atoms with E-state index in [1.165, 1.54) is 6.26 Å². The van der Waals surface area contributed by atoms with E-state index >= 15 is 0 Å². The van der Waals surface area contributed by atoms with Crippen molar-refractivity contribution >= 4 is 11.8 Å². The topological polar surface area (TPSA) is 75.4 Å². The van der Waals surface area contributed by atoms with Crippen molar-refractivity contribution < 1.29 is 14.0 Å². The number of hydrogen-bond donors (Lipinski definition) is 1. The molecule has 0 saturated heterocycles. The summed E-state index contributed by atoms with van der Waals surface area (Å²) in [6, 6.07) is 7.60. The molecular formula is C21H29N3O3. The van der Waals surface area contributed by atoms with Crippen LogP contribution in [0.3, 0.4) is 0 Å². The zero-order valence-electron chi connectivity index (χ0n) is 16.8. The van der Waals surface area contributed by atoms with Crippen molar-refractivity contribution in [2.24, 2.45) is 0 Å². The van der Waals surface area contributed by atoms with E-state index in [2.05, 4.69) is 10.3 Å². The van der Waals surface area contributed by atoms with Gasteiger partial charge in [-0.15, -0.1) is 0 Å². The smallest absolute Gasteiger partial charge is 0.273 e. The normalized spacial score (nSPS) is 13.1. The zero-order chi connectivity index (χ0) is 20.0. The maximum Gasteiger partial charge on any atom is 0.273 e. The third-order valence-electron chi connectivity index (χ3n) is 4.84. The third-order valence-corrected chi connectivity index (χ3v) is 4.84. The molecule has 0 aliphatic carbocycles. The first-order valence-electron chi connectivity index (χ1n) is 9.49. The molecular weight excluding hydrogens is 342 g/mol. The lowest BCUT2D eigenvalue weighted by Gasteiger charge is -2.28. The molecule has 1 aromatic carbocycles. The minimum Gasteiger partial charge on any atom is -0.446 e. The molecule has 0 bridgehead atoms.